The molecule has 0 aromatic rings. The second kappa shape index (κ2) is 5.63. The second-order valence-electron chi connectivity index (χ2n) is 4.88. The van der Waals surface area contributed by atoms with Crippen LogP contribution in [0.15, 0.2) is 21.4 Å². The van der Waals surface area contributed by atoms with Gasteiger partial charge in [-0.25, -0.2) is 4.99 Å². The molecule has 0 bridgehead atoms. The van der Waals surface area contributed by atoms with E-state index in [0.29, 0.717) is 6.10 Å². The fourth-order valence-electron chi connectivity index (χ4n) is 2.48. The quantitative estimate of drug-likeness (QED) is 0.690. The third kappa shape index (κ3) is 2.47. The van der Waals surface area contributed by atoms with Crippen LogP contribution in [-0.4, -0.2) is 75.7 Å². The first-order chi connectivity index (χ1) is 8.69. The molecule has 0 saturated carbocycles. The lowest BCUT2D eigenvalue weighted by Crippen LogP contribution is -2.51. The van der Waals surface area contributed by atoms with Crippen LogP contribution in [0.3, 0.4) is 0 Å². The van der Waals surface area contributed by atoms with Crippen LogP contribution in [0.5, 0.6) is 0 Å². The van der Waals surface area contributed by atoms with E-state index in [1.165, 1.54) is 5.57 Å². The van der Waals surface area contributed by atoms with Gasteiger partial charge in [-0.2, -0.15) is 0 Å². The molecule has 0 N–H and O–H groups in total. The first kappa shape index (κ1) is 13.2. The predicted molar refractivity (Wildman–Crippen MR) is 74.4 cm³/mol. The first-order valence-electron chi connectivity index (χ1n) is 6.31. The van der Waals surface area contributed by atoms with E-state index >= 15 is 0 Å². The lowest BCUT2D eigenvalue weighted by Gasteiger charge is -2.41. The Kier molecular flexibility index (Phi) is 4.14. The van der Waals surface area contributed by atoms with E-state index in [0.717, 1.165) is 44.1 Å². The van der Waals surface area contributed by atoms with Crippen LogP contribution in [0.4, 0.5) is 0 Å². The van der Waals surface area contributed by atoms with Gasteiger partial charge in [-0.05, 0) is 13.8 Å². The summed E-state index contributed by atoms with van der Waals surface area (Å²) in [5.41, 5.74) is 2.38. The summed E-state index contributed by atoms with van der Waals surface area (Å²) in [6.45, 7) is 7.47. The molecule has 18 heavy (non-hydrogen) atoms. The number of likely N-dealkylation sites (tertiary alicyclic amines) is 2. The Morgan fingerprint density at radius 3 is 2.72 bits per heavy atom. The minimum atomic E-state index is 0.325. The van der Waals surface area contributed by atoms with Crippen molar-refractivity contribution in [3.8, 4) is 0 Å². The third-order valence-corrected chi connectivity index (χ3v) is 3.68. The zero-order chi connectivity index (χ0) is 13.1. The number of ether oxygens (including phenoxy) is 1. The fourth-order valence-corrected chi connectivity index (χ4v) is 2.48. The van der Waals surface area contributed by atoms with Gasteiger partial charge in [0.05, 0.1) is 6.10 Å². The zero-order valence-corrected chi connectivity index (χ0v) is 11.5. The van der Waals surface area contributed by atoms with Crippen LogP contribution in [0.1, 0.15) is 6.42 Å². The molecule has 0 spiro atoms. The summed E-state index contributed by atoms with van der Waals surface area (Å²) in [6.07, 6.45) is 1.31. The molecule has 0 unspecified atom stereocenters. The topological polar surface area (TPSA) is 40.4 Å². The van der Waals surface area contributed by atoms with Gasteiger partial charge in [-0.1, -0.05) is 0 Å². The molecule has 0 aromatic carbocycles. The number of methoxy groups -OCH3 is 1. The maximum Gasteiger partial charge on any atom is 0.134 e. The van der Waals surface area contributed by atoms with E-state index in [-0.39, 0.29) is 0 Å². The van der Waals surface area contributed by atoms with E-state index in [4.69, 9.17) is 4.74 Å². The monoisotopic (exact) mass is 250 g/mol. The highest BCUT2D eigenvalue weighted by atomic mass is 16.5. The van der Waals surface area contributed by atoms with Crippen molar-refractivity contribution in [1.82, 2.24) is 9.80 Å². The molecule has 100 valence electrons. The average Bonchev–Trinajstić information content (AvgIpc) is 2.33. The second-order valence-corrected chi connectivity index (χ2v) is 4.88. The fraction of sp³-hybridized carbons (Fsp3) is 0.692. The van der Waals surface area contributed by atoms with Gasteiger partial charge in [0, 0.05) is 58.0 Å². The molecule has 5 nitrogen and oxygen atoms in total. The number of piperidine rings is 1. The highest BCUT2D eigenvalue weighted by molar-refractivity contribution is 6.01. The summed E-state index contributed by atoms with van der Waals surface area (Å²) >= 11 is 0. The Morgan fingerprint density at radius 1 is 1.44 bits per heavy atom. The van der Waals surface area contributed by atoms with Crippen molar-refractivity contribution < 1.29 is 4.74 Å². The smallest absolute Gasteiger partial charge is 0.134 e. The zero-order valence-electron chi connectivity index (χ0n) is 11.5. The summed E-state index contributed by atoms with van der Waals surface area (Å²) in [5, 5.41) is 0. The van der Waals surface area contributed by atoms with Crippen LogP contribution in [0, 0.1) is 0 Å². The van der Waals surface area contributed by atoms with Gasteiger partial charge in [0.1, 0.15) is 5.82 Å². The Bertz CT molecular complexity index is 382. The van der Waals surface area contributed by atoms with Crippen molar-refractivity contribution in [2.75, 3.05) is 47.4 Å². The van der Waals surface area contributed by atoms with Gasteiger partial charge in [0.2, 0.25) is 0 Å². The van der Waals surface area contributed by atoms with Crippen LogP contribution >= 0.6 is 0 Å². The molecule has 0 radical (unpaired) electrons. The number of rotatable bonds is 3. The Hall–Kier alpha value is -1.20. The number of aliphatic imine (C=N–C) groups is 2. The van der Waals surface area contributed by atoms with E-state index < -0.39 is 0 Å². The average molecular weight is 250 g/mol. The van der Waals surface area contributed by atoms with Crippen molar-refractivity contribution in [3.05, 3.63) is 11.4 Å². The number of hydrogen-bond donors (Lipinski definition) is 0. The molecule has 2 aliphatic rings. The SMILES string of the molecule is C=N/C(=C1/CN(C)CCC1=NC)N1CC(OC)C1. The predicted octanol–water partition coefficient (Wildman–Crippen LogP) is 0.635. The van der Waals surface area contributed by atoms with E-state index in [2.05, 4.69) is 33.5 Å². The van der Waals surface area contributed by atoms with Crippen LogP contribution < -0.4 is 0 Å². The molecule has 0 amide bonds. The minimum absolute atomic E-state index is 0.325. The number of likely N-dealkylation sites (N-methyl/N-ethyl adjacent to an activating group) is 1. The first-order valence-corrected chi connectivity index (χ1v) is 6.31. The molecule has 2 saturated heterocycles. The van der Waals surface area contributed by atoms with E-state index in [1.54, 1.807) is 7.11 Å². The van der Waals surface area contributed by atoms with Crippen LogP contribution in [0.25, 0.3) is 0 Å². The van der Waals surface area contributed by atoms with Crippen molar-refractivity contribution in [3.63, 3.8) is 0 Å². The molecular weight excluding hydrogens is 228 g/mol. The summed E-state index contributed by atoms with van der Waals surface area (Å²) < 4.78 is 5.31. The van der Waals surface area contributed by atoms with Gasteiger partial charge in [0.25, 0.3) is 0 Å². The lowest BCUT2D eigenvalue weighted by atomic mass is 10.0. The Morgan fingerprint density at radius 2 is 2.17 bits per heavy atom. The highest BCUT2D eigenvalue weighted by Gasteiger charge is 2.31. The summed E-state index contributed by atoms with van der Waals surface area (Å²) in [4.78, 5) is 13.1. The maximum atomic E-state index is 5.31. The summed E-state index contributed by atoms with van der Waals surface area (Å²) in [5.74, 6) is 0.982. The molecule has 2 aliphatic heterocycles. The largest absolute Gasteiger partial charge is 0.378 e. The number of nitrogens with zero attached hydrogens (tertiary/aromatic N) is 4. The maximum absolute atomic E-state index is 5.31. The lowest BCUT2D eigenvalue weighted by molar-refractivity contribution is -0.0124. The molecule has 5 heteroatoms. The van der Waals surface area contributed by atoms with E-state index in [1.807, 2.05) is 7.05 Å². The third-order valence-electron chi connectivity index (χ3n) is 3.68. The molecular formula is C13H22N4O. The Balaban J connectivity index is 2.21. The van der Waals surface area contributed by atoms with Crippen LogP contribution in [-0.2, 0) is 4.74 Å². The van der Waals surface area contributed by atoms with Crippen molar-refractivity contribution in [2.45, 2.75) is 12.5 Å². The van der Waals surface area contributed by atoms with Crippen molar-refractivity contribution >= 4 is 12.4 Å². The molecule has 0 atom stereocenters. The van der Waals surface area contributed by atoms with Crippen molar-refractivity contribution in [1.29, 1.82) is 0 Å². The number of hydrogen-bond acceptors (Lipinski definition) is 5. The van der Waals surface area contributed by atoms with Gasteiger partial charge >= 0.3 is 0 Å². The molecule has 2 fully saturated rings. The summed E-state index contributed by atoms with van der Waals surface area (Å²) in [7, 11) is 5.74. The van der Waals surface area contributed by atoms with E-state index in [9.17, 15) is 0 Å². The van der Waals surface area contributed by atoms with Gasteiger partial charge in [-0.3, -0.25) is 4.99 Å². The minimum Gasteiger partial charge on any atom is -0.378 e. The van der Waals surface area contributed by atoms with Gasteiger partial charge < -0.3 is 14.5 Å². The molecule has 0 aliphatic carbocycles. The highest BCUT2D eigenvalue weighted by Crippen LogP contribution is 2.24. The molecule has 0 aromatic heterocycles. The molecule has 2 heterocycles. The van der Waals surface area contributed by atoms with Crippen LogP contribution in [0.2, 0.25) is 0 Å². The molecule has 2 rings (SSSR count). The van der Waals surface area contributed by atoms with Crippen molar-refractivity contribution in [2.24, 2.45) is 9.98 Å². The summed E-state index contributed by atoms with van der Waals surface area (Å²) in [6, 6.07) is 0. The Labute approximate surface area is 109 Å². The van der Waals surface area contributed by atoms with Gasteiger partial charge in [-0.15, -0.1) is 0 Å². The van der Waals surface area contributed by atoms with Gasteiger partial charge in [0.15, 0.2) is 0 Å². The standard InChI is InChI=1S/C13H22N4O/c1-14-12-5-6-16(3)9-11(12)13(15-2)17-7-10(8-17)18-4/h10H,2,5-9H2,1,3-4H3/b13-11+,14-12?. The normalized spacial score (nSPS) is 27.3.